The van der Waals surface area contributed by atoms with E-state index in [9.17, 15) is 19.5 Å². The van der Waals surface area contributed by atoms with Crippen LogP contribution in [0.2, 0.25) is 0 Å². The molecule has 0 aliphatic heterocycles. The van der Waals surface area contributed by atoms with Gasteiger partial charge in [0, 0.05) is 0 Å². The van der Waals surface area contributed by atoms with Crippen LogP contribution in [0.1, 0.15) is 34.1 Å². The first-order valence-electron chi connectivity index (χ1n) is 6.83. The van der Waals surface area contributed by atoms with Crippen LogP contribution in [0, 0.1) is 5.92 Å². The summed E-state index contributed by atoms with van der Waals surface area (Å²) in [5.74, 6) is -2.33. The molecule has 0 aromatic rings. The number of carbonyl (C=O) groups excluding carboxylic acids is 2. The number of carboxylic acid groups (broad SMARTS) is 1. The molecule has 0 aliphatic carbocycles. The molecular weight excluding hydrogens is 278 g/mol. The zero-order valence-corrected chi connectivity index (χ0v) is 12.8. The van der Waals surface area contributed by atoms with Crippen molar-refractivity contribution in [3.63, 3.8) is 0 Å². The van der Waals surface area contributed by atoms with Crippen LogP contribution >= 0.6 is 0 Å². The summed E-state index contributed by atoms with van der Waals surface area (Å²) in [6.07, 6.45) is -0.762. The lowest BCUT2D eigenvalue weighted by Gasteiger charge is -2.21. The molecule has 0 bridgehead atoms. The van der Waals surface area contributed by atoms with E-state index in [4.69, 9.17) is 10.8 Å². The molecule has 4 unspecified atom stereocenters. The minimum absolute atomic E-state index is 0.0972. The highest BCUT2D eigenvalue weighted by Crippen LogP contribution is 2.05. The van der Waals surface area contributed by atoms with Gasteiger partial charge >= 0.3 is 5.97 Å². The van der Waals surface area contributed by atoms with Crippen molar-refractivity contribution in [2.24, 2.45) is 11.7 Å². The van der Waals surface area contributed by atoms with Gasteiger partial charge in [0.05, 0.1) is 6.10 Å². The van der Waals surface area contributed by atoms with Gasteiger partial charge in [0.25, 0.3) is 0 Å². The lowest BCUT2D eigenvalue weighted by atomic mass is 10.0. The smallest absolute Gasteiger partial charge is 0.326 e. The van der Waals surface area contributed by atoms with E-state index in [0.717, 1.165) is 0 Å². The summed E-state index contributed by atoms with van der Waals surface area (Å²) < 4.78 is 0. The van der Waals surface area contributed by atoms with E-state index in [0.29, 0.717) is 0 Å². The molecule has 0 fully saturated rings. The Bertz CT molecular complexity index is 384. The fraction of sp³-hybridized carbons (Fsp3) is 0.769. The Hall–Kier alpha value is -1.67. The highest BCUT2D eigenvalue weighted by molar-refractivity contribution is 5.91. The standard InChI is InChI=1S/C13H25N3O5/c1-6(2)5-9(13(20)21)16-11(18)7(3)15-12(19)10(14)8(4)17/h6-10,17H,5,14H2,1-4H3,(H,15,19)(H,16,18)(H,20,21). The molecule has 0 saturated heterocycles. The number of hydrogen-bond donors (Lipinski definition) is 5. The van der Waals surface area contributed by atoms with Crippen molar-refractivity contribution in [3.05, 3.63) is 0 Å². The van der Waals surface area contributed by atoms with Crippen LogP contribution in [0.4, 0.5) is 0 Å². The van der Waals surface area contributed by atoms with E-state index in [2.05, 4.69) is 10.6 Å². The average molecular weight is 303 g/mol. The van der Waals surface area contributed by atoms with Gasteiger partial charge in [0.15, 0.2) is 0 Å². The fourth-order valence-corrected chi connectivity index (χ4v) is 1.58. The highest BCUT2D eigenvalue weighted by atomic mass is 16.4. The van der Waals surface area contributed by atoms with Gasteiger partial charge in [-0.25, -0.2) is 4.79 Å². The summed E-state index contributed by atoms with van der Waals surface area (Å²) >= 11 is 0. The molecule has 0 aromatic carbocycles. The van der Waals surface area contributed by atoms with Gasteiger partial charge < -0.3 is 26.6 Å². The van der Waals surface area contributed by atoms with Crippen LogP contribution < -0.4 is 16.4 Å². The van der Waals surface area contributed by atoms with Crippen molar-refractivity contribution in [2.75, 3.05) is 0 Å². The Kier molecular flexibility index (Phi) is 7.90. The molecular formula is C13H25N3O5. The number of nitrogens with two attached hydrogens (primary N) is 1. The lowest BCUT2D eigenvalue weighted by Crippen LogP contribution is -2.55. The molecule has 0 aromatic heterocycles. The maximum absolute atomic E-state index is 11.9. The van der Waals surface area contributed by atoms with Crippen LogP contribution in [0.25, 0.3) is 0 Å². The van der Waals surface area contributed by atoms with Crippen LogP contribution in [-0.4, -0.2) is 52.2 Å². The quantitative estimate of drug-likeness (QED) is 0.382. The Morgan fingerprint density at radius 3 is 1.95 bits per heavy atom. The summed E-state index contributed by atoms with van der Waals surface area (Å²) in [5.41, 5.74) is 5.44. The number of carboxylic acids is 1. The first kappa shape index (κ1) is 19.3. The molecule has 0 radical (unpaired) electrons. The molecule has 2 amide bonds. The number of nitrogens with one attached hydrogen (secondary N) is 2. The van der Waals surface area contributed by atoms with Gasteiger partial charge in [-0.05, 0) is 26.2 Å². The van der Waals surface area contributed by atoms with E-state index in [1.807, 2.05) is 13.8 Å². The van der Waals surface area contributed by atoms with E-state index >= 15 is 0 Å². The molecule has 4 atom stereocenters. The van der Waals surface area contributed by atoms with Crippen molar-refractivity contribution in [1.29, 1.82) is 0 Å². The number of aliphatic hydroxyl groups excluding tert-OH is 1. The van der Waals surface area contributed by atoms with Gasteiger partial charge in [-0.1, -0.05) is 13.8 Å². The Labute approximate surface area is 124 Å². The van der Waals surface area contributed by atoms with Crippen molar-refractivity contribution in [1.82, 2.24) is 10.6 Å². The van der Waals surface area contributed by atoms with E-state index in [-0.39, 0.29) is 12.3 Å². The molecule has 8 nitrogen and oxygen atoms in total. The van der Waals surface area contributed by atoms with Crippen LogP contribution in [0.15, 0.2) is 0 Å². The molecule has 21 heavy (non-hydrogen) atoms. The van der Waals surface area contributed by atoms with Crippen LogP contribution in [0.3, 0.4) is 0 Å². The van der Waals surface area contributed by atoms with Gasteiger partial charge in [-0.15, -0.1) is 0 Å². The van der Waals surface area contributed by atoms with E-state index in [1.54, 1.807) is 0 Å². The number of rotatable bonds is 8. The van der Waals surface area contributed by atoms with Gasteiger partial charge in [0.2, 0.25) is 11.8 Å². The number of amides is 2. The third-order valence-corrected chi connectivity index (χ3v) is 2.90. The number of carbonyl (C=O) groups is 3. The minimum Gasteiger partial charge on any atom is -0.480 e. The van der Waals surface area contributed by atoms with Crippen molar-refractivity contribution < 1.29 is 24.6 Å². The SMILES string of the molecule is CC(C)CC(NC(=O)C(C)NC(=O)C(N)C(C)O)C(=O)O. The maximum Gasteiger partial charge on any atom is 0.326 e. The summed E-state index contributed by atoms with van der Waals surface area (Å²) in [6, 6.07) is -3.11. The van der Waals surface area contributed by atoms with Gasteiger partial charge in [-0.3, -0.25) is 9.59 Å². The summed E-state index contributed by atoms with van der Waals surface area (Å²) in [6.45, 7) is 6.46. The van der Waals surface area contributed by atoms with Crippen molar-refractivity contribution >= 4 is 17.8 Å². The second kappa shape index (κ2) is 8.58. The molecule has 0 saturated carbocycles. The molecule has 0 aliphatic rings. The molecule has 0 heterocycles. The maximum atomic E-state index is 11.9. The third-order valence-electron chi connectivity index (χ3n) is 2.90. The first-order chi connectivity index (χ1) is 9.56. The van der Waals surface area contributed by atoms with Gasteiger partial charge in [-0.2, -0.15) is 0 Å². The van der Waals surface area contributed by atoms with Crippen molar-refractivity contribution in [3.8, 4) is 0 Å². The molecule has 0 rings (SSSR count). The predicted molar refractivity (Wildman–Crippen MR) is 76.3 cm³/mol. The Morgan fingerprint density at radius 2 is 1.57 bits per heavy atom. The number of hydrogen-bond acceptors (Lipinski definition) is 5. The topological polar surface area (TPSA) is 142 Å². The van der Waals surface area contributed by atoms with Crippen molar-refractivity contribution in [2.45, 2.75) is 58.3 Å². The van der Waals surface area contributed by atoms with Crippen LogP contribution in [-0.2, 0) is 14.4 Å². The number of aliphatic carboxylic acids is 1. The highest BCUT2D eigenvalue weighted by Gasteiger charge is 2.26. The first-order valence-corrected chi connectivity index (χ1v) is 6.83. The third kappa shape index (κ3) is 7.05. The number of aliphatic hydroxyl groups is 1. The predicted octanol–water partition coefficient (Wildman–Crippen LogP) is -1.19. The summed E-state index contributed by atoms with van der Waals surface area (Å²) in [7, 11) is 0. The van der Waals surface area contributed by atoms with E-state index in [1.165, 1.54) is 13.8 Å². The zero-order valence-electron chi connectivity index (χ0n) is 12.8. The molecule has 8 heteroatoms. The summed E-state index contributed by atoms with van der Waals surface area (Å²) in [4.78, 5) is 34.5. The Morgan fingerprint density at radius 1 is 1.05 bits per heavy atom. The Balaban J connectivity index is 4.56. The second-order valence-corrected chi connectivity index (χ2v) is 5.53. The van der Waals surface area contributed by atoms with Crippen LogP contribution in [0.5, 0.6) is 0 Å². The monoisotopic (exact) mass is 303 g/mol. The normalized spacial score (nSPS) is 16.7. The zero-order chi connectivity index (χ0) is 16.7. The minimum atomic E-state index is -1.15. The molecule has 0 spiro atoms. The van der Waals surface area contributed by atoms with Gasteiger partial charge in [0.1, 0.15) is 18.1 Å². The second-order valence-electron chi connectivity index (χ2n) is 5.53. The van der Waals surface area contributed by atoms with E-state index < -0.39 is 42.0 Å². The summed E-state index contributed by atoms with van der Waals surface area (Å²) in [5, 5.41) is 22.9. The average Bonchev–Trinajstić information content (AvgIpc) is 2.35. The molecule has 6 N–H and O–H groups in total. The lowest BCUT2D eigenvalue weighted by molar-refractivity contribution is -0.142. The molecule has 122 valence electrons. The fourth-order valence-electron chi connectivity index (χ4n) is 1.58. The largest absolute Gasteiger partial charge is 0.480 e.